The maximum Gasteiger partial charge on any atom is 0.238 e. The Balaban J connectivity index is 1.29. The lowest BCUT2D eigenvalue weighted by molar-refractivity contribution is -0.118. The molecule has 25 heavy (non-hydrogen) atoms. The van der Waals surface area contributed by atoms with Gasteiger partial charge in [0.25, 0.3) is 0 Å². The number of nitrogens with zero attached hydrogens (tertiary/aromatic N) is 5. The van der Waals surface area contributed by atoms with Crippen molar-refractivity contribution in [2.24, 2.45) is 0 Å². The van der Waals surface area contributed by atoms with E-state index in [1.165, 1.54) is 0 Å². The number of hydrogen-bond donors (Lipinski definition) is 1. The highest BCUT2D eigenvalue weighted by molar-refractivity contribution is 5.92. The number of rotatable bonds is 5. The topological polar surface area (TPSA) is 97.0 Å². The summed E-state index contributed by atoms with van der Waals surface area (Å²) in [6, 6.07) is 7.31. The average molecular weight is 336 g/mol. The van der Waals surface area contributed by atoms with Gasteiger partial charge in [-0.2, -0.15) is 4.98 Å². The van der Waals surface area contributed by atoms with Gasteiger partial charge in [-0.15, -0.1) is 0 Å². The van der Waals surface area contributed by atoms with E-state index in [1.807, 2.05) is 23.1 Å². The molecular weight excluding hydrogens is 320 g/mol. The molecule has 0 aromatic carbocycles. The predicted octanol–water partition coefficient (Wildman–Crippen LogP) is 1.56. The van der Waals surface area contributed by atoms with Gasteiger partial charge in [-0.05, 0) is 24.3 Å². The number of carbonyl (C=O) groups is 1. The second-order valence-electron chi connectivity index (χ2n) is 5.88. The van der Waals surface area contributed by atoms with E-state index < -0.39 is 0 Å². The summed E-state index contributed by atoms with van der Waals surface area (Å²) in [5.74, 6) is 1.23. The highest BCUT2D eigenvalue weighted by Gasteiger charge is 2.33. The third kappa shape index (κ3) is 3.53. The van der Waals surface area contributed by atoms with Crippen LogP contribution in [0.4, 0.5) is 5.69 Å². The number of amides is 1. The first-order chi connectivity index (χ1) is 12.3. The van der Waals surface area contributed by atoms with Gasteiger partial charge in [0.2, 0.25) is 17.6 Å². The van der Waals surface area contributed by atoms with Gasteiger partial charge in [-0.25, -0.2) is 0 Å². The SMILES string of the molecule is O=C(CN1CC(c2nc(-c3cccnc3)no2)C1)Nc1cccnc1. The number of likely N-dealkylation sites (tertiary alicyclic amines) is 1. The largest absolute Gasteiger partial charge is 0.339 e. The molecule has 4 rings (SSSR count). The van der Waals surface area contributed by atoms with E-state index in [1.54, 1.807) is 30.9 Å². The molecule has 1 N–H and O–H groups in total. The van der Waals surface area contributed by atoms with E-state index in [2.05, 4.69) is 25.4 Å². The summed E-state index contributed by atoms with van der Waals surface area (Å²) in [6.07, 6.45) is 6.68. The molecule has 1 amide bonds. The molecule has 0 bridgehead atoms. The van der Waals surface area contributed by atoms with E-state index in [0.29, 0.717) is 23.9 Å². The molecule has 4 heterocycles. The lowest BCUT2D eigenvalue weighted by Gasteiger charge is -2.36. The number of aromatic nitrogens is 4. The molecule has 1 aliphatic heterocycles. The van der Waals surface area contributed by atoms with Crippen LogP contribution < -0.4 is 5.32 Å². The molecule has 8 nitrogen and oxygen atoms in total. The highest BCUT2D eigenvalue weighted by atomic mass is 16.5. The van der Waals surface area contributed by atoms with Gasteiger partial charge in [-0.1, -0.05) is 5.16 Å². The lowest BCUT2D eigenvalue weighted by atomic mass is 10.0. The van der Waals surface area contributed by atoms with E-state index in [4.69, 9.17) is 4.52 Å². The Morgan fingerprint density at radius 2 is 2.00 bits per heavy atom. The normalized spacial score (nSPS) is 14.9. The van der Waals surface area contributed by atoms with Gasteiger partial charge in [0, 0.05) is 37.2 Å². The Labute approximate surface area is 143 Å². The molecule has 0 atom stereocenters. The Hall–Kier alpha value is -3.13. The lowest BCUT2D eigenvalue weighted by Crippen LogP contribution is -2.48. The van der Waals surface area contributed by atoms with Crippen molar-refractivity contribution in [1.29, 1.82) is 0 Å². The monoisotopic (exact) mass is 336 g/mol. The first-order valence-corrected chi connectivity index (χ1v) is 7.94. The summed E-state index contributed by atoms with van der Waals surface area (Å²) < 4.78 is 5.35. The summed E-state index contributed by atoms with van der Waals surface area (Å²) in [5.41, 5.74) is 1.52. The number of pyridine rings is 2. The zero-order chi connectivity index (χ0) is 17.1. The van der Waals surface area contributed by atoms with E-state index >= 15 is 0 Å². The second-order valence-corrected chi connectivity index (χ2v) is 5.88. The van der Waals surface area contributed by atoms with Crippen LogP contribution in [-0.2, 0) is 4.79 Å². The molecule has 8 heteroatoms. The second kappa shape index (κ2) is 6.78. The van der Waals surface area contributed by atoms with Crippen molar-refractivity contribution in [3.63, 3.8) is 0 Å². The molecule has 0 aliphatic carbocycles. The van der Waals surface area contributed by atoms with Crippen LogP contribution >= 0.6 is 0 Å². The minimum atomic E-state index is -0.0620. The fourth-order valence-electron chi connectivity index (χ4n) is 2.71. The fourth-order valence-corrected chi connectivity index (χ4v) is 2.71. The van der Waals surface area contributed by atoms with Crippen molar-refractivity contribution in [2.45, 2.75) is 5.92 Å². The molecule has 3 aromatic heterocycles. The molecular formula is C17H16N6O2. The van der Waals surface area contributed by atoms with Gasteiger partial charge >= 0.3 is 0 Å². The van der Waals surface area contributed by atoms with Gasteiger partial charge < -0.3 is 9.84 Å². The third-order valence-corrected chi connectivity index (χ3v) is 3.98. The first kappa shape index (κ1) is 15.4. The quantitative estimate of drug-likeness (QED) is 0.755. The van der Waals surface area contributed by atoms with Crippen molar-refractivity contribution < 1.29 is 9.32 Å². The van der Waals surface area contributed by atoms with Crippen LogP contribution in [0.2, 0.25) is 0 Å². The van der Waals surface area contributed by atoms with Crippen LogP contribution in [0.15, 0.2) is 53.6 Å². The Bertz CT molecular complexity index is 846. The molecule has 0 unspecified atom stereocenters. The van der Waals surface area contributed by atoms with E-state index in [9.17, 15) is 4.79 Å². The molecule has 126 valence electrons. The summed E-state index contributed by atoms with van der Waals surface area (Å²) in [6.45, 7) is 1.76. The minimum Gasteiger partial charge on any atom is -0.339 e. The fraction of sp³-hybridized carbons (Fsp3) is 0.235. The van der Waals surface area contributed by atoms with Crippen molar-refractivity contribution in [2.75, 3.05) is 25.0 Å². The number of carbonyl (C=O) groups excluding carboxylic acids is 1. The summed E-state index contributed by atoms with van der Waals surface area (Å²) in [5, 5.41) is 6.82. The van der Waals surface area contributed by atoms with Gasteiger partial charge in [-0.3, -0.25) is 19.7 Å². The van der Waals surface area contributed by atoms with E-state index in [-0.39, 0.29) is 11.8 Å². The summed E-state index contributed by atoms with van der Waals surface area (Å²) >= 11 is 0. The standard InChI is InChI=1S/C17H16N6O2/c24-15(20-14-4-2-6-19-8-14)11-23-9-13(10-23)17-21-16(22-25-17)12-3-1-5-18-7-12/h1-8,13H,9-11H2,(H,20,24). The maximum atomic E-state index is 12.0. The summed E-state index contributed by atoms with van der Waals surface area (Å²) in [7, 11) is 0. The van der Waals surface area contributed by atoms with Crippen LogP contribution in [0.1, 0.15) is 11.8 Å². The average Bonchev–Trinajstić information content (AvgIpc) is 3.09. The zero-order valence-corrected chi connectivity index (χ0v) is 13.4. The van der Waals surface area contributed by atoms with Crippen molar-refractivity contribution in [3.05, 3.63) is 54.9 Å². The third-order valence-electron chi connectivity index (χ3n) is 3.98. The van der Waals surface area contributed by atoms with Gasteiger partial charge in [0.15, 0.2) is 0 Å². The molecule has 1 aliphatic rings. The molecule has 0 spiro atoms. The smallest absolute Gasteiger partial charge is 0.238 e. The van der Waals surface area contributed by atoms with Gasteiger partial charge in [0.05, 0.1) is 24.3 Å². The van der Waals surface area contributed by atoms with Crippen LogP contribution in [0.3, 0.4) is 0 Å². The van der Waals surface area contributed by atoms with Crippen LogP contribution in [0.25, 0.3) is 11.4 Å². The van der Waals surface area contributed by atoms with Crippen molar-refractivity contribution >= 4 is 11.6 Å². The van der Waals surface area contributed by atoms with Crippen molar-refractivity contribution in [1.82, 2.24) is 25.0 Å². The maximum absolute atomic E-state index is 12.0. The molecule has 1 saturated heterocycles. The number of nitrogens with one attached hydrogen (secondary N) is 1. The van der Waals surface area contributed by atoms with Crippen LogP contribution in [0, 0.1) is 0 Å². The Kier molecular flexibility index (Phi) is 4.17. The minimum absolute atomic E-state index is 0.0620. The van der Waals surface area contributed by atoms with Crippen LogP contribution in [-0.4, -0.2) is 50.5 Å². The molecule has 3 aromatic rings. The zero-order valence-electron chi connectivity index (χ0n) is 13.4. The first-order valence-electron chi connectivity index (χ1n) is 7.94. The highest BCUT2D eigenvalue weighted by Crippen LogP contribution is 2.27. The molecule has 1 fully saturated rings. The van der Waals surface area contributed by atoms with E-state index in [0.717, 1.165) is 18.7 Å². The number of anilines is 1. The predicted molar refractivity (Wildman–Crippen MR) is 89.6 cm³/mol. The Morgan fingerprint density at radius 1 is 1.20 bits per heavy atom. The Morgan fingerprint density at radius 3 is 2.72 bits per heavy atom. The number of hydrogen-bond acceptors (Lipinski definition) is 7. The van der Waals surface area contributed by atoms with Gasteiger partial charge in [0.1, 0.15) is 0 Å². The van der Waals surface area contributed by atoms with Crippen LogP contribution in [0.5, 0.6) is 0 Å². The molecule has 0 saturated carbocycles. The van der Waals surface area contributed by atoms with Crippen molar-refractivity contribution in [3.8, 4) is 11.4 Å². The molecule has 0 radical (unpaired) electrons. The summed E-state index contributed by atoms with van der Waals surface area (Å²) in [4.78, 5) is 26.5.